The van der Waals surface area contributed by atoms with E-state index >= 15 is 0 Å². The number of carbonyl (C=O) groups excluding carboxylic acids is 1. The van der Waals surface area contributed by atoms with Gasteiger partial charge in [0, 0.05) is 11.3 Å². The zero-order valence-corrected chi connectivity index (χ0v) is 16.6. The van der Waals surface area contributed by atoms with E-state index in [2.05, 4.69) is 15.3 Å². The van der Waals surface area contributed by atoms with Gasteiger partial charge in [-0.05, 0) is 50.6 Å². The molecule has 1 aliphatic carbocycles. The van der Waals surface area contributed by atoms with Crippen molar-refractivity contribution >= 4 is 17.6 Å². The predicted octanol–water partition coefficient (Wildman–Crippen LogP) is 2.22. The molecule has 0 radical (unpaired) electrons. The van der Waals surface area contributed by atoms with Crippen LogP contribution in [0.25, 0.3) is 0 Å². The summed E-state index contributed by atoms with van der Waals surface area (Å²) in [5.41, 5.74) is 5.90. The average molecular weight is 410 g/mol. The SMILES string of the molecule is Cc1cc(F)cnc1C(=O)Nc1ccc2c(c1)C13N=C(N)OC14OCC43C(C)(C)O2. The van der Waals surface area contributed by atoms with Crippen LogP contribution in [0.2, 0.25) is 0 Å². The van der Waals surface area contributed by atoms with Crippen molar-refractivity contribution in [2.24, 2.45) is 16.1 Å². The Kier molecular flexibility index (Phi) is 2.89. The third kappa shape index (κ3) is 1.63. The molecular formula is C21H19FN4O4. The zero-order chi connectivity index (χ0) is 21.1. The molecule has 2 aromatic rings. The maximum absolute atomic E-state index is 13.3. The molecule has 3 aliphatic heterocycles. The van der Waals surface area contributed by atoms with Gasteiger partial charge in [-0.3, -0.25) is 4.79 Å². The molecule has 4 heterocycles. The van der Waals surface area contributed by atoms with Gasteiger partial charge in [-0.2, -0.15) is 0 Å². The standard InChI is InChI=1S/C21H19FN4O4/c1-10-6-11(22)8-24-15(10)16(27)25-12-4-5-14-13(7-12)20-19(18(2,3)29-14)9-28-21(19,20)30-17(23)26-20/h4-8H,9H2,1-3H3,(H2,23,26)(H,25,27). The molecule has 6 rings (SSSR count). The fraction of sp³-hybridized carbons (Fsp3) is 0.381. The average Bonchev–Trinajstić information content (AvgIpc) is 2.86. The quantitative estimate of drug-likeness (QED) is 0.786. The van der Waals surface area contributed by atoms with Gasteiger partial charge in [-0.15, -0.1) is 0 Å². The van der Waals surface area contributed by atoms with Crippen LogP contribution in [0.4, 0.5) is 10.1 Å². The van der Waals surface area contributed by atoms with E-state index in [0.717, 1.165) is 11.8 Å². The molecule has 1 amide bonds. The molecule has 9 heteroatoms. The van der Waals surface area contributed by atoms with Gasteiger partial charge in [-0.1, -0.05) is 0 Å². The number of nitrogens with two attached hydrogens (primary N) is 1. The number of anilines is 1. The van der Waals surface area contributed by atoms with Crippen LogP contribution >= 0.6 is 0 Å². The van der Waals surface area contributed by atoms with Gasteiger partial charge >= 0.3 is 0 Å². The number of nitrogens with zero attached hydrogens (tertiary/aromatic N) is 2. The molecule has 3 unspecified atom stereocenters. The first-order valence-corrected chi connectivity index (χ1v) is 9.63. The van der Waals surface area contributed by atoms with Gasteiger partial charge in [0.05, 0.1) is 12.8 Å². The van der Waals surface area contributed by atoms with E-state index in [1.54, 1.807) is 25.1 Å². The number of rotatable bonds is 2. The van der Waals surface area contributed by atoms with E-state index in [-0.39, 0.29) is 11.7 Å². The number of aliphatic imine (C=N–C) groups is 1. The summed E-state index contributed by atoms with van der Waals surface area (Å²) in [6.45, 7) is 6.06. The lowest BCUT2D eigenvalue weighted by molar-refractivity contribution is -0.263. The Morgan fingerprint density at radius 1 is 1.27 bits per heavy atom. The van der Waals surface area contributed by atoms with Gasteiger partial charge in [0.1, 0.15) is 28.3 Å². The molecule has 1 saturated carbocycles. The Morgan fingerprint density at radius 2 is 2.07 bits per heavy atom. The van der Waals surface area contributed by atoms with Crippen LogP contribution < -0.4 is 15.8 Å². The third-order valence-electron chi connectivity index (χ3n) is 6.89. The van der Waals surface area contributed by atoms with Gasteiger partial charge in [0.25, 0.3) is 17.7 Å². The van der Waals surface area contributed by atoms with Crippen molar-refractivity contribution in [3.05, 3.63) is 53.1 Å². The van der Waals surface area contributed by atoms with E-state index in [9.17, 15) is 9.18 Å². The van der Waals surface area contributed by atoms with E-state index in [1.165, 1.54) is 6.07 Å². The minimum atomic E-state index is -0.976. The lowest BCUT2D eigenvalue weighted by Crippen LogP contribution is -2.58. The molecule has 30 heavy (non-hydrogen) atoms. The van der Waals surface area contributed by atoms with Gasteiger partial charge < -0.3 is 25.3 Å². The third-order valence-corrected chi connectivity index (χ3v) is 6.89. The first-order valence-electron chi connectivity index (χ1n) is 9.63. The Labute approximate surface area is 171 Å². The van der Waals surface area contributed by atoms with Crippen molar-refractivity contribution in [2.75, 3.05) is 11.9 Å². The number of benzene rings is 1. The topological polar surface area (TPSA) is 108 Å². The molecule has 2 fully saturated rings. The van der Waals surface area contributed by atoms with Crippen LogP contribution in [0.3, 0.4) is 0 Å². The Bertz CT molecular complexity index is 1200. The van der Waals surface area contributed by atoms with Crippen LogP contribution in [-0.4, -0.2) is 34.9 Å². The minimum Gasteiger partial charge on any atom is -0.486 e. The summed E-state index contributed by atoms with van der Waals surface area (Å²) >= 11 is 0. The summed E-state index contributed by atoms with van der Waals surface area (Å²) < 4.78 is 31.4. The van der Waals surface area contributed by atoms with Crippen molar-refractivity contribution in [3.63, 3.8) is 0 Å². The highest BCUT2D eigenvalue weighted by molar-refractivity contribution is 6.04. The summed E-state index contributed by atoms with van der Waals surface area (Å²) in [5.74, 6) is -1.27. The molecule has 8 nitrogen and oxygen atoms in total. The second kappa shape index (κ2) is 4.92. The zero-order valence-electron chi connectivity index (χ0n) is 16.6. The van der Waals surface area contributed by atoms with E-state index < -0.39 is 34.1 Å². The smallest absolute Gasteiger partial charge is 0.285 e. The van der Waals surface area contributed by atoms with Crippen molar-refractivity contribution in [2.45, 2.75) is 37.7 Å². The first kappa shape index (κ1) is 17.6. The number of ether oxygens (including phenoxy) is 3. The molecule has 3 N–H and O–H groups in total. The number of amides is 1. The second-order valence-corrected chi connectivity index (χ2v) is 8.67. The van der Waals surface area contributed by atoms with Crippen molar-refractivity contribution in [1.29, 1.82) is 0 Å². The highest BCUT2D eigenvalue weighted by Gasteiger charge is 3.06. The molecule has 1 saturated heterocycles. The van der Waals surface area contributed by atoms with Gasteiger partial charge in [-0.25, -0.2) is 14.4 Å². The number of carbonyl (C=O) groups is 1. The van der Waals surface area contributed by atoms with Crippen molar-refractivity contribution in [1.82, 2.24) is 4.98 Å². The van der Waals surface area contributed by atoms with Gasteiger partial charge in [0.2, 0.25) is 0 Å². The molecule has 3 atom stereocenters. The van der Waals surface area contributed by atoms with Crippen LogP contribution in [0.1, 0.15) is 35.5 Å². The number of aryl methyl sites for hydroxylation is 1. The van der Waals surface area contributed by atoms with Crippen LogP contribution in [0.15, 0.2) is 35.5 Å². The van der Waals surface area contributed by atoms with Crippen molar-refractivity contribution in [3.8, 4) is 5.75 Å². The van der Waals surface area contributed by atoms with E-state index in [0.29, 0.717) is 23.6 Å². The number of nitrogens with one attached hydrogen (secondary N) is 1. The summed E-state index contributed by atoms with van der Waals surface area (Å²) in [6, 6.07) is 6.67. The number of amidine groups is 1. The van der Waals surface area contributed by atoms with E-state index in [1.807, 2.05) is 13.8 Å². The Balaban J connectivity index is 1.42. The number of pyridine rings is 1. The molecule has 3 spiro atoms. The first-order chi connectivity index (χ1) is 14.2. The largest absolute Gasteiger partial charge is 0.486 e. The maximum atomic E-state index is 13.3. The summed E-state index contributed by atoms with van der Waals surface area (Å²) in [4.78, 5) is 21.3. The fourth-order valence-corrected chi connectivity index (χ4v) is 5.58. The van der Waals surface area contributed by atoms with Crippen LogP contribution in [0, 0.1) is 18.2 Å². The summed E-state index contributed by atoms with van der Waals surface area (Å²) in [7, 11) is 0. The molecule has 1 aromatic carbocycles. The highest BCUT2D eigenvalue weighted by Crippen LogP contribution is 2.89. The molecular weight excluding hydrogens is 391 g/mol. The molecule has 4 aliphatic rings. The van der Waals surface area contributed by atoms with Gasteiger partial charge in [0.15, 0.2) is 5.54 Å². The highest BCUT2D eigenvalue weighted by atomic mass is 19.1. The normalized spacial score (nSPS) is 33.4. The molecule has 154 valence electrons. The Hall–Kier alpha value is -3.20. The number of aromatic nitrogens is 1. The predicted molar refractivity (Wildman–Crippen MR) is 104 cm³/mol. The number of hydrogen-bond acceptors (Lipinski definition) is 7. The van der Waals surface area contributed by atoms with Crippen molar-refractivity contribution < 1.29 is 23.4 Å². The number of hydrogen-bond donors (Lipinski definition) is 2. The Morgan fingerprint density at radius 3 is 2.77 bits per heavy atom. The molecule has 0 bridgehead atoms. The minimum absolute atomic E-state index is 0.0783. The van der Waals surface area contributed by atoms with Crippen LogP contribution in [-0.2, 0) is 15.0 Å². The lowest BCUT2D eigenvalue weighted by Gasteiger charge is -2.45. The van der Waals surface area contributed by atoms with Crippen LogP contribution in [0.5, 0.6) is 5.75 Å². The maximum Gasteiger partial charge on any atom is 0.285 e. The number of halogens is 1. The lowest BCUT2D eigenvalue weighted by atomic mass is 9.77. The second-order valence-electron chi connectivity index (χ2n) is 8.67. The fourth-order valence-electron chi connectivity index (χ4n) is 5.58. The summed E-state index contributed by atoms with van der Waals surface area (Å²) in [6.07, 6.45) is 1.02. The molecule has 1 aromatic heterocycles. The number of fused-ring (bicyclic) bond motifs is 1. The summed E-state index contributed by atoms with van der Waals surface area (Å²) in [5, 5.41) is 2.82. The van der Waals surface area contributed by atoms with E-state index in [4.69, 9.17) is 19.9 Å². The monoisotopic (exact) mass is 410 g/mol.